The quantitative estimate of drug-likeness (QED) is 0.849. The monoisotopic (exact) mass is 305 g/mol. The number of carbonyl (C=O) groups is 2. The summed E-state index contributed by atoms with van der Waals surface area (Å²) in [6, 6.07) is 9.52. The third-order valence-corrected chi connectivity index (χ3v) is 3.83. The molecule has 1 aromatic carbocycles. The van der Waals surface area contributed by atoms with Gasteiger partial charge in [-0.15, -0.1) is 0 Å². The number of amides is 1. The van der Waals surface area contributed by atoms with E-state index in [0.29, 0.717) is 13.0 Å². The van der Waals surface area contributed by atoms with Gasteiger partial charge >= 0.3 is 12.1 Å². The van der Waals surface area contributed by atoms with E-state index in [4.69, 9.17) is 9.47 Å². The lowest BCUT2D eigenvalue weighted by molar-refractivity contribution is -0.149. The highest BCUT2D eigenvalue weighted by atomic mass is 16.5. The first-order chi connectivity index (χ1) is 10.7. The molecule has 0 spiro atoms. The van der Waals surface area contributed by atoms with Crippen molar-refractivity contribution in [3.63, 3.8) is 0 Å². The van der Waals surface area contributed by atoms with E-state index in [1.54, 1.807) is 6.92 Å². The molecule has 0 bridgehead atoms. The van der Waals surface area contributed by atoms with E-state index >= 15 is 0 Å². The average molecular weight is 305 g/mol. The Kier molecular flexibility index (Phi) is 6.25. The van der Waals surface area contributed by atoms with E-state index in [2.05, 4.69) is 5.32 Å². The molecule has 5 heteroatoms. The highest BCUT2D eigenvalue weighted by Gasteiger charge is 2.29. The van der Waals surface area contributed by atoms with Crippen molar-refractivity contribution in [1.82, 2.24) is 5.32 Å². The van der Waals surface area contributed by atoms with Crippen LogP contribution >= 0.6 is 0 Å². The fourth-order valence-electron chi connectivity index (χ4n) is 2.73. The summed E-state index contributed by atoms with van der Waals surface area (Å²) in [5, 5.41) is 2.85. The van der Waals surface area contributed by atoms with Gasteiger partial charge in [-0.3, -0.25) is 4.79 Å². The zero-order valence-corrected chi connectivity index (χ0v) is 12.9. The van der Waals surface area contributed by atoms with Crippen LogP contribution in [0.1, 0.15) is 38.2 Å². The maximum atomic E-state index is 11.8. The number of hydrogen-bond donors (Lipinski definition) is 1. The molecule has 1 amide bonds. The van der Waals surface area contributed by atoms with E-state index in [9.17, 15) is 9.59 Å². The van der Waals surface area contributed by atoms with Crippen molar-refractivity contribution in [2.75, 3.05) is 6.61 Å². The van der Waals surface area contributed by atoms with Crippen LogP contribution in [0.5, 0.6) is 0 Å². The molecule has 1 aromatic rings. The van der Waals surface area contributed by atoms with Crippen molar-refractivity contribution < 1.29 is 19.1 Å². The smallest absolute Gasteiger partial charge is 0.407 e. The molecule has 2 atom stereocenters. The Hall–Kier alpha value is -2.04. The van der Waals surface area contributed by atoms with Crippen LogP contribution in [0.4, 0.5) is 4.79 Å². The first kappa shape index (κ1) is 16.3. The minimum atomic E-state index is -0.432. The summed E-state index contributed by atoms with van der Waals surface area (Å²) >= 11 is 0. The van der Waals surface area contributed by atoms with E-state index in [1.165, 1.54) is 0 Å². The molecule has 0 radical (unpaired) electrons. The molecular weight excluding hydrogens is 282 g/mol. The molecule has 1 N–H and O–H groups in total. The van der Waals surface area contributed by atoms with Gasteiger partial charge in [-0.2, -0.15) is 0 Å². The molecule has 0 aromatic heterocycles. The lowest BCUT2D eigenvalue weighted by Crippen LogP contribution is -2.40. The third-order valence-electron chi connectivity index (χ3n) is 3.83. The minimum absolute atomic E-state index is 0.0218. The zero-order chi connectivity index (χ0) is 15.8. The standard InChI is InChI=1S/C17H23NO4/c1-2-21-16(19)14-9-6-10-15(11-14)18-17(20)22-12-13-7-4-3-5-8-13/h3-5,7-8,14-15H,2,6,9-12H2,1H3,(H,18,20)/t14-,15-/m1/s1. The van der Waals surface area contributed by atoms with Crippen molar-refractivity contribution >= 4 is 12.1 Å². The summed E-state index contributed by atoms with van der Waals surface area (Å²) in [5.41, 5.74) is 0.950. The Bertz CT molecular complexity index is 489. The van der Waals surface area contributed by atoms with E-state index in [1.807, 2.05) is 30.3 Å². The number of nitrogens with one attached hydrogen (secondary N) is 1. The fourth-order valence-corrected chi connectivity index (χ4v) is 2.73. The summed E-state index contributed by atoms with van der Waals surface area (Å²) in [7, 11) is 0. The van der Waals surface area contributed by atoms with Crippen LogP contribution in [-0.4, -0.2) is 24.7 Å². The highest BCUT2D eigenvalue weighted by molar-refractivity contribution is 5.73. The van der Waals surface area contributed by atoms with Crippen molar-refractivity contribution in [2.24, 2.45) is 5.92 Å². The van der Waals surface area contributed by atoms with Crippen LogP contribution in [-0.2, 0) is 20.9 Å². The summed E-state index contributed by atoms with van der Waals surface area (Å²) < 4.78 is 10.3. The molecule has 22 heavy (non-hydrogen) atoms. The lowest BCUT2D eigenvalue weighted by atomic mass is 9.86. The number of benzene rings is 1. The predicted molar refractivity (Wildman–Crippen MR) is 82.1 cm³/mol. The Balaban J connectivity index is 1.75. The topological polar surface area (TPSA) is 64.6 Å². The van der Waals surface area contributed by atoms with Crippen molar-refractivity contribution in [2.45, 2.75) is 45.3 Å². The van der Waals surface area contributed by atoms with Crippen LogP contribution in [0.3, 0.4) is 0 Å². The van der Waals surface area contributed by atoms with Crippen molar-refractivity contribution in [1.29, 1.82) is 0 Å². The van der Waals surface area contributed by atoms with Crippen LogP contribution < -0.4 is 5.32 Å². The Morgan fingerprint density at radius 1 is 1.18 bits per heavy atom. The summed E-state index contributed by atoms with van der Waals surface area (Å²) in [5.74, 6) is -0.278. The van der Waals surface area contributed by atoms with E-state index in [-0.39, 0.29) is 24.5 Å². The van der Waals surface area contributed by atoms with Gasteiger partial charge in [0.05, 0.1) is 12.5 Å². The van der Waals surface area contributed by atoms with Crippen LogP contribution in [0.15, 0.2) is 30.3 Å². The molecule has 0 saturated heterocycles. The number of ether oxygens (including phenoxy) is 2. The fraction of sp³-hybridized carbons (Fsp3) is 0.529. The number of hydrogen-bond acceptors (Lipinski definition) is 4. The molecule has 120 valence electrons. The predicted octanol–water partition coefficient (Wildman–Crippen LogP) is 3.03. The molecule has 1 aliphatic rings. The Labute approximate surface area is 131 Å². The number of rotatable bonds is 5. The maximum absolute atomic E-state index is 11.8. The van der Waals surface area contributed by atoms with Crippen LogP contribution in [0.25, 0.3) is 0 Å². The second-order valence-electron chi connectivity index (χ2n) is 5.52. The molecule has 0 unspecified atom stereocenters. The SMILES string of the molecule is CCOC(=O)[C@@H]1CCC[C@@H](NC(=O)OCc2ccccc2)C1. The van der Waals surface area contributed by atoms with Crippen LogP contribution in [0, 0.1) is 5.92 Å². The minimum Gasteiger partial charge on any atom is -0.466 e. The average Bonchev–Trinajstić information content (AvgIpc) is 2.54. The number of carbonyl (C=O) groups excluding carboxylic acids is 2. The first-order valence-electron chi connectivity index (χ1n) is 7.83. The number of esters is 1. The summed E-state index contributed by atoms with van der Waals surface area (Å²) in [6.45, 7) is 2.45. The third kappa shape index (κ3) is 5.06. The molecule has 1 fully saturated rings. The molecule has 5 nitrogen and oxygen atoms in total. The molecule has 2 rings (SSSR count). The Morgan fingerprint density at radius 3 is 2.68 bits per heavy atom. The molecule has 0 heterocycles. The van der Waals surface area contributed by atoms with Gasteiger partial charge in [-0.05, 0) is 31.7 Å². The lowest BCUT2D eigenvalue weighted by Gasteiger charge is -2.28. The molecular formula is C17H23NO4. The second-order valence-corrected chi connectivity index (χ2v) is 5.52. The van der Waals surface area contributed by atoms with Gasteiger partial charge < -0.3 is 14.8 Å². The summed E-state index contributed by atoms with van der Waals surface area (Å²) in [6.07, 6.45) is 2.80. The van der Waals surface area contributed by atoms with Gasteiger partial charge in [0.1, 0.15) is 6.61 Å². The highest BCUT2D eigenvalue weighted by Crippen LogP contribution is 2.25. The van der Waals surface area contributed by atoms with Gasteiger partial charge in [0, 0.05) is 6.04 Å². The van der Waals surface area contributed by atoms with Crippen molar-refractivity contribution in [3.8, 4) is 0 Å². The molecule has 1 aliphatic carbocycles. The second kappa shape index (κ2) is 8.41. The zero-order valence-electron chi connectivity index (χ0n) is 12.9. The van der Waals surface area contributed by atoms with Gasteiger partial charge in [-0.25, -0.2) is 4.79 Å². The normalized spacial score (nSPS) is 21.0. The van der Waals surface area contributed by atoms with E-state index in [0.717, 1.165) is 24.8 Å². The van der Waals surface area contributed by atoms with Gasteiger partial charge in [0.25, 0.3) is 0 Å². The van der Waals surface area contributed by atoms with Crippen LogP contribution in [0.2, 0.25) is 0 Å². The largest absolute Gasteiger partial charge is 0.466 e. The van der Waals surface area contributed by atoms with E-state index < -0.39 is 6.09 Å². The molecule has 1 saturated carbocycles. The van der Waals surface area contributed by atoms with Crippen molar-refractivity contribution in [3.05, 3.63) is 35.9 Å². The Morgan fingerprint density at radius 2 is 1.95 bits per heavy atom. The van der Waals surface area contributed by atoms with Gasteiger partial charge in [0.2, 0.25) is 0 Å². The van der Waals surface area contributed by atoms with Gasteiger partial charge in [0.15, 0.2) is 0 Å². The number of alkyl carbamates (subject to hydrolysis) is 1. The molecule has 0 aliphatic heterocycles. The first-order valence-corrected chi connectivity index (χ1v) is 7.83. The maximum Gasteiger partial charge on any atom is 0.407 e. The summed E-state index contributed by atoms with van der Waals surface area (Å²) in [4.78, 5) is 23.6. The van der Waals surface area contributed by atoms with Gasteiger partial charge in [-0.1, -0.05) is 36.8 Å².